The van der Waals surface area contributed by atoms with Crippen molar-refractivity contribution in [3.63, 3.8) is 0 Å². The van der Waals surface area contributed by atoms with Crippen molar-refractivity contribution in [2.24, 2.45) is 0 Å². The van der Waals surface area contributed by atoms with Crippen LogP contribution in [0.1, 0.15) is 38.2 Å². The van der Waals surface area contributed by atoms with Crippen LogP contribution in [-0.2, 0) is 16.0 Å². The number of rotatable bonds is 11. The van der Waals surface area contributed by atoms with Gasteiger partial charge in [0.2, 0.25) is 0 Å². The average molecular weight is 393 g/mol. The van der Waals surface area contributed by atoms with Crippen molar-refractivity contribution in [1.82, 2.24) is 5.32 Å². The summed E-state index contributed by atoms with van der Waals surface area (Å²) < 4.78 is 37.4. The second-order valence-electron chi connectivity index (χ2n) is 5.65. The molecule has 0 heterocycles. The lowest BCUT2D eigenvalue weighted by Crippen LogP contribution is -2.21. The minimum atomic E-state index is -5.08. The molecule has 0 aromatic heterocycles. The van der Waals surface area contributed by atoms with Crippen molar-refractivity contribution >= 4 is 11.9 Å². The van der Waals surface area contributed by atoms with Crippen molar-refractivity contribution in [1.29, 1.82) is 0 Å². The molecule has 0 fully saturated rings. The van der Waals surface area contributed by atoms with Gasteiger partial charge in [-0.25, -0.2) is 4.79 Å². The van der Waals surface area contributed by atoms with Gasteiger partial charge in [-0.05, 0) is 37.1 Å². The smallest absolute Gasteiger partial charge is 0.490 e. The van der Waals surface area contributed by atoms with Gasteiger partial charge in [-0.15, -0.1) is 0 Å². The second-order valence-corrected chi connectivity index (χ2v) is 5.65. The highest BCUT2D eigenvalue weighted by Gasteiger charge is 2.38. The first-order valence-electron chi connectivity index (χ1n) is 8.61. The van der Waals surface area contributed by atoms with E-state index in [1.165, 1.54) is 18.4 Å². The zero-order valence-electron chi connectivity index (χ0n) is 15.2. The highest BCUT2D eigenvalue weighted by molar-refractivity contribution is 5.73. The molecule has 0 aliphatic carbocycles. The Morgan fingerprint density at radius 1 is 1.07 bits per heavy atom. The molecular formula is C18H26F3NO5. The van der Waals surface area contributed by atoms with Crippen LogP contribution in [0.3, 0.4) is 0 Å². The molecule has 9 heteroatoms. The van der Waals surface area contributed by atoms with Crippen molar-refractivity contribution in [2.75, 3.05) is 19.7 Å². The monoisotopic (exact) mass is 393 g/mol. The van der Waals surface area contributed by atoms with Gasteiger partial charge >= 0.3 is 18.1 Å². The molecule has 0 saturated heterocycles. The maximum Gasteiger partial charge on any atom is 0.490 e. The molecular weight excluding hydrogens is 367 g/mol. The number of nitrogens with one attached hydrogen (secondary N) is 1. The lowest BCUT2D eigenvalue weighted by molar-refractivity contribution is -0.192. The third-order valence-corrected chi connectivity index (χ3v) is 3.29. The molecule has 1 rings (SSSR count). The number of carboxylic acids is 2. The topological polar surface area (TPSA) is 95.9 Å². The SMILES string of the molecule is CCCCCOc1ccc(CCNCCC(=O)O)cc1.O=C(O)C(F)(F)F. The zero-order valence-corrected chi connectivity index (χ0v) is 15.2. The van der Waals surface area contributed by atoms with Crippen LogP contribution in [-0.4, -0.2) is 48.0 Å². The number of halogens is 3. The summed E-state index contributed by atoms with van der Waals surface area (Å²) in [6, 6.07) is 8.12. The van der Waals surface area contributed by atoms with Gasteiger partial charge in [-0.1, -0.05) is 31.9 Å². The fourth-order valence-corrected chi connectivity index (χ4v) is 1.85. The van der Waals surface area contributed by atoms with Crippen molar-refractivity contribution < 1.29 is 37.7 Å². The van der Waals surface area contributed by atoms with Crippen molar-refractivity contribution in [3.8, 4) is 5.75 Å². The van der Waals surface area contributed by atoms with Gasteiger partial charge in [0, 0.05) is 6.54 Å². The van der Waals surface area contributed by atoms with E-state index in [9.17, 15) is 18.0 Å². The van der Waals surface area contributed by atoms with Crippen LogP contribution < -0.4 is 10.1 Å². The minimum absolute atomic E-state index is 0.171. The first-order valence-corrected chi connectivity index (χ1v) is 8.61. The number of ether oxygens (including phenoxy) is 1. The number of benzene rings is 1. The van der Waals surface area contributed by atoms with Crippen LogP contribution in [0.15, 0.2) is 24.3 Å². The first-order chi connectivity index (χ1) is 12.7. The molecule has 1 aromatic carbocycles. The van der Waals surface area contributed by atoms with Crippen LogP contribution in [0.25, 0.3) is 0 Å². The van der Waals surface area contributed by atoms with E-state index in [1.807, 2.05) is 12.1 Å². The zero-order chi connectivity index (χ0) is 20.7. The number of carbonyl (C=O) groups is 2. The predicted octanol–water partition coefficient (Wildman–Crippen LogP) is 3.50. The fraction of sp³-hybridized carbons (Fsp3) is 0.556. The van der Waals surface area contributed by atoms with E-state index in [2.05, 4.69) is 24.4 Å². The number of aliphatic carboxylic acids is 2. The summed E-state index contributed by atoms with van der Waals surface area (Å²) in [7, 11) is 0. The summed E-state index contributed by atoms with van der Waals surface area (Å²) in [6.07, 6.45) is -0.497. The van der Waals surface area contributed by atoms with Gasteiger partial charge in [-0.2, -0.15) is 13.2 Å². The van der Waals surface area contributed by atoms with E-state index in [-0.39, 0.29) is 6.42 Å². The van der Waals surface area contributed by atoms with Crippen LogP contribution in [0.4, 0.5) is 13.2 Å². The largest absolute Gasteiger partial charge is 0.494 e. The van der Waals surface area contributed by atoms with E-state index in [4.69, 9.17) is 19.7 Å². The second kappa shape index (κ2) is 13.9. The Morgan fingerprint density at radius 3 is 2.15 bits per heavy atom. The highest BCUT2D eigenvalue weighted by Crippen LogP contribution is 2.13. The maximum atomic E-state index is 10.6. The lowest BCUT2D eigenvalue weighted by atomic mass is 10.1. The molecule has 0 amide bonds. The third-order valence-electron chi connectivity index (χ3n) is 3.29. The Labute approximate surface area is 156 Å². The van der Waals surface area contributed by atoms with Gasteiger partial charge in [0.05, 0.1) is 13.0 Å². The summed E-state index contributed by atoms with van der Waals surface area (Å²) in [6.45, 7) is 4.28. The van der Waals surface area contributed by atoms with Gasteiger partial charge in [-0.3, -0.25) is 4.79 Å². The molecule has 1 aromatic rings. The molecule has 27 heavy (non-hydrogen) atoms. The summed E-state index contributed by atoms with van der Waals surface area (Å²) in [5.41, 5.74) is 1.23. The normalized spacial score (nSPS) is 10.7. The molecule has 6 nitrogen and oxygen atoms in total. The van der Waals surface area contributed by atoms with Crippen molar-refractivity contribution in [3.05, 3.63) is 29.8 Å². The highest BCUT2D eigenvalue weighted by atomic mass is 19.4. The van der Waals surface area contributed by atoms with Crippen LogP contribution >= 0.6 is 0 Å². The van der Waals surface area contributed by atoms with Gasteiger partial charge in [0.1, 0.15) is 5.75 Å². The van der Waals surface area contributed by atoms with Gasteiger partial charge < -0.3 is 20.3 Å². The number of unbranched alkanes of at least 4 members (excludes halogenated alkanes) is 2. The molecule has 0 aliphatic rings. The average Bonchev–Trinajstić information content (AvgIpc) is 2.59. The van der Waals surface area contributed by atoms with Crippen LogP contribution in [0.5, 0.6) is 5.75 Å². The van der Waals surface area contributed by atoms with Crippen LogP contribution in [0.2, 0.25) is 0 Å². The van der Waals surface area contributed by atoms with E-state index in [1.54, 1.807) is 0 Å². The fourth-order valence-electron chi connectivity index (χ4n) is 1.85. The van der Waals surface area contributed by atoms with E-state index in [0.717, 1.165) is 31.7 Å². The van der Waals surface area contributed by atoms with Crippen LogP contribution in [0, 0.1) is 0 Å². The Hall–Kier alpha value is -2.29. The molecule has 0 saturated carbocycles. The first kappa shape index (κ1) is 24.7. The molecule has 3 N–H and O–H groups in total. The summed E-state index contributed by atoms with van der Waals surface area (Å²) >= 11 is 0. The standard InChI is InChI=1S/C16H25NO3.C2HF3O2/c1-2-3-4-13-20-15-7-5-14(6-8-15)9-11-17-12-10-16(18)19;3-2(4,5)1(6)7/h5-8,17H,2-4,9-13H2,1H3,(H,18,19);(H,6,7). The molecule has 0 aliphatic heterocycles. The maximum absolute atomic E-state index is 10.6. The quantitative estimate of drug-likeness (QED) is 0.498. The Bertz CT molecular complexity index is 547. The molecule has 0 unspecified atom stereocenters. The molecule has 0 radical (unpaired) electrons. The Balaban J connectivity index is 0.000000821. The van der Waals surface area contributed by atoms with Crippen molar-refractivity contribution in [2.45, 2.75) is 45.2 Å². The summed E-state index contributed by atoms with van der Waals surface area (Å²) in [5, 5.41) is 18.8. The molecule has 0 spiro atoms. The number of alkyl halides is 3. The lowest BCUT2D eigenvalue weighted by Gasteiger charge is -2.07. The third kappa shape index (κ3) is 14.6. The molecule has 0 bridgehead atoms. The van der Waals surface area contributed by atoms with Gasteiger partial charge in [0.15, 0.2) is 0 Å². The van der Waals surface area contributed by atoms with Gasteiger partial charge in [0.25, 0.3) is 0 Å². The molecule has 154 valence electrons. The summed E-state index contributed by atoms with van der Waals surface area (Å²) in [5.74, 6) is -2.60. The Kier molecular flexibility index (Phi) is 12.7. The number of hydrogen-bond donors (Lipinski definition) is 3. The summed E-state index contributed by atoms with van der Waals surface area (Å²) in [4.78, 5) is 19.2. The minimum Gasteiger partial charge on any atom is -0.494 e. The van der Waals surface area contributed by atoms with E-state index in [0.29, 0.717) is 6.54 Å². The number of hydrogen-bond acceptors (Lipinski definition) is 4. The molecule has 0 atom stereocenters. The van der Waals surface area contributed by atoms with E-state index < -0.39 is 18.1 Å². The number of carboxylic acid groups (broad SMARTS) is 2. The predicted molar refractivity (Wildman–Crippen MR) is 94.0 cm³/mol. The Morgan fingerprint density at radius 2 is 1.67 bits per heavy atom. The van der Waals surface area contributed by atoms with E-state index >= 15 is 0 Å².